The summed E-state index contributed by atoms with van der Waals surface area (Å²) in [7, 11) is 0. The van der Waals surface area contributed by atoms with Gasteiger partial charge in [0, 0.05) is 18.8 Å². The summed E-state index contributed by atoms with van der Waals surface area (Å²) in [5.74, 6) is 3.01. The summed E-state index contributed by atoms with van der Waals surface area (Å²) >= 11 is 0. The van der Waals surface area contributed by atoms with Crippen LogP contribution < -0.4 is 0 Å². The van der Waals surface area contributed by atoms with Crippen LogP contribution in [0.4, 0.5) is 4.39 Å². The van der Waals surface area contributed by atoms with Crippen LogP contribution in [0.1, 0.15) is 91.0 Å². The van der Waals surface area contributed by atoms with E-state index < -0.39 is 5.79 Å². The molecule has 5 heteroatoms. The Morgan fingerprint density at radius 3 is 2.42 bits per heavy atom. The molecule has 1 heterocycles. The molecule has 0 bridgehead atoms. The first-order chi connectivity index (χ1) is 18.1. The second-order valence-corrected chi connectivity index (χ2v) is 13.9. The number of benzene rings is 1. The van der Waals surface area contributed by atoms with Crippen molar-refractivity contribution in [1.82, 2.24) is 0 Å². The Kier molecular flexibility index (Phi) is 6.68. The zero-order valence-electron chi connectivity index (χ0n) is 23.6. The lowest BCUT2D eigenvalue weighted by molar-refractivity contribution is -0.489. The molecule has 0 unspecified atom stereocenters. The molecule has 5 aliphatic rings. The quantitative estimate of drug-likeness (QED) is 0.378. The third-order valence-corrected chi connectivity index (χ3v) is 12.4. The molecular formula is C33H45FO4. The normalized spacial score (nSPS) is 45.1. The summed E-state index contributed by atoms with van der Waals surface area (Å²) < 4.78 is 19.8. The number of hydrogen-bond donors (Lipinski definition) is 0. The molecule has 4 nitrogen and oxygen atoms in total. The van der Waals surface area contributed by atoms with Gasteiger partial charge in [-0.3, -0.25) is 4.79 Å². The van der Waals surface area contributed by atoms with E-state index in [0.29, 0.717) is 35.1 Å². The number of halogens is 1. The van der Waals surface area contributed by atoms with Gasteiger partial charge >= 0.3 is 0 Å². The van der Waals surface area contributed by atoms with Gasteiger partial charge in [0.05, 0.1) is 6.61 Å². The molecule has 0 amide bonds. The smallest absolute Gasteiger partial charge is 0.202 e. The molecule has 4 aliphatic carbocycles. The van der Waals surface area contributed by atoms with E-state index in [-0.39, 0.29) is 17.8 Å². The summed E-state index contributed by atoms with van der Waals surface area (Å²) in [6, 6.07) is 6.32. The van der Waals surface area contributed by atoms with Gasteiger partial charge in [-0.2, -0.15) is 0 Å². The third kappa shape index (κ3) is 4.14. The van der Waals surface area contributed by atoms with E-state index in [1.165, 1.54) is 50.7 Å². The Hall–Kier alpha value is -1.56. The fourth-order valence-corrected chi connectivity index (χ4v) is 9.98. The van der Waals surface area contributed by atoms with E-state index in [0.717, 1.165) is 48.2 Å². The first-order valence-electron chi connectivity index (χ1n) is 15.0. The Morgan fingerprint density at radius 1 is 1.00 bits per heavy atom. The average molecular weight is 525 g/mol. The monoisotopic (exact) mass is 524 g/mol. The van der Waals surface area contributed by atoms with Crippen molar-refractivity contribution >= 4 is 11.4 Å². The van der Waals surface area contributed by atoms with Gasteiger partial charge in [0.2, 0.25) is 5.79 Å². The number of carbonyl (C=O) groups is 1. The second-order valence-electron chi connectivity index (χ2n) is 13.9. The summed E-state index contributed by atoms with van der Waals surface area (Å²) in [6.07, 6.45) is 10.0. The van der Waals surface area contributed by atoms with E-state index in [1.54, 1.807) is 19.1 Å². The molecule has 0 N–H and O–H groups in total. The standard InChI is InChI=1S/C33H45FO4/c1-20(22(3)35)27-12-13-28-26-11-8-24-18-33(17-16-31(24,4)29(26)14-15-32(27,28)5)36-19-30(37-38-33)21(2)23-6-9-25(34)10-7-23/h6-7,9-10,20,24,26-30H,2,8,11-19H2,1,3-5H3/t20-,24-,26+,27-,28+,29+,30+,31+,32-,33+/m1/s1. The van der Waals surface area contributed by atoms with Crippen LogP contribution in [0.15, 0.2) is 30.8 Å². The number of rotatable bonds is 4. The van der Waals surface area contributed by atoms with Crippen LogP contribution in [-0.4, -0.2) is 24.3 Å². The average Bonchev–Trinajstić information content (AvgIpc) is 3.26. The van der Waals surface area contributed by atoms with Crippen LogP contribution in [0.5, 0.6) is 0 Å². The van der Waals surface area contributed by atoms with Gasteiger partial charge in [0.25, 0.3) is 0 Å². The van der Waals surface area contributed by atoms with Gasteiger partial charge in [-0.1, -0.05) is 39.5 Å². The van der Waals surface area contributed by atoms with Gasteiger partial charge in [0.15, 0.2) is 0 Å². The largest absolute Gasteiger partial charge is 0.344 e. The molecule has 5 fully saturated rings. The third-order valence-electron chi connectivity index (χ3n) is 12.4. The fourth-order valence-electron chi connectivity index (χ4n) is 9.98. The van der Waals surface area contributed by atoms with Gasteiger partial charge in [0.1, 0.15) is 17.7 Å². The highest BCUT2D eigenvalue weighted by molar-refractivity contribution is 5.78. The Labute approximate surface area is 227 Å². The summed E-state index contributed by atoms with van der Waals surface area (Å²) in [6.45, 7) is 13.6. The summed E-state index contributed by atoms with van der Waals surface area (Å²) in [4.78, 5) is 24.3. The summed E-state index contributed by atoms with van der Waals surface area (Å²) in [5, 5.41) is 0. The van der Waals surface area contributed by atoms with E-state index in [2.05, 4.69) is 27.4 Å². The van der Waals surface area contributed by atoms with E-state index in [4.69, 9.17) is 14.5 Å². The van der Waals surface area contributed by atoms with Crippen molar-refractivity contribution in [2.45, 2.75) is 97.4 Å². The van der Waals surface area contributed by atoms with Crippen LogP contribution in [0.3, 0.4) is 0 Å². The lowest BCUT2D eigenvalue weighted by atomic mass is 9.44. The lowest BCUT2D eigenvalue weighted by Gasteiger charge is -2.62. The Bertz CT molecular complexity index is 1070. The zero-order valence-corrected chi connectivity index (χ0v) is 23.6. The molecule has 208 valence electrons. The molecule has 1 aromatic carbocycles. The molecule has 0 radical (unpaired) electrons. The number of fused-ring (bicyclic) bond motifs is 5. The molecule has 6 rings (SSSR count). The highest BCUT2D eigenvalue weighted by Crippen LogP contribution is 2.69. The molecule has 0 aromatic heterocycles. The number of ketones is 1. The Balaban J connectivity index is 1.12. The topological polar surface area (TPSA) is 44.8 Å². The predicted molar refractivity (Wildman–Crippen MR) is 145 cm³/mol. The predicted octanol–water partition coefficient (Wildman–Crippen LogP) is 7.77. The maximum atomic E-state index is 13.3. The number of Topliss-reactive ketones (excluding diaryl/α,β-unsaturated/α-hetero) is 1. The van der Waals surface area contributed by atoms with Crippen LogP contribution in [-0.2, 0) is 19.3 Å². The number of hydrogen-bond acceptors (Lipinski definition) is 4. The van der Waals surface area contributed by atoms with Gasteiger partial charge in [-0.05, 0) is 116 Å². The first kappa shape index (κ1) is 26.7. The molecule has 4 saturated carbocycles. The molecule has 38 heavy (non-hydrogen) atoms. The van der Waals surface area contributed by atoms with Crippen molar-refractivity contribution in [3.05, 3.63) is 42.2 Å². The van der Waals surface area contributed by atoms with Crippen molar-refractivity contribution in [2.75, 3.05) is 6.61 Å². The van der Waals surface area contributed by atoms with Crippen LogP contribution in [0, 0.1) is 52.2 Å². The van der Waals surface area contributed by atoms with Crippen LogP contribution in [0.25, 0.3) is 5.57 Å². The molecule has 10 atom stereocenters. The van der Waals surface area contributed by atoms with Gasteiger partial charge in [-0.25, -0.2) is 14.2 Å². The minimum absolute atomic E-state index is 0.187. The SMILES string of the molecule is C=C(c1ccc(F)cc1)[C@@H]1CO[C@@]2(CC[C@@]3(C)[C@H](CC[C@@H]4[C@@H]3CC[C@]3(C)[C@@H]([C@H](C)C(C)=O)CC[C@@H]43)C2)OO1. The molecule has 1 aromatic rings. The van der Waals surface area contributed by atoms with Crippen molar-refractivity contribution in [2.24, 2.45) is 46.3 Å². The van der Waals surface area contributed by atoms with Crippen LogP contribution in [0.2, 0.25) is 0 Å². The minimum atomic E-state index is -0.671. The highest BCUT2D eigenvalue weighted by Gasteiger charge is 2.63. The van der Waals surface area contributed by atoms with E-state index >= 15 is 0 Å². The first-order valence-corrected chi connectivity index (χ1v) is 15.0. The van der Waals surface area contributed by atoms with Gasteiger partial charge in [-0.15, -0.1) is 0 Å². The molecule has 1 spiro atoms. The molecular weight excluding hydrogens is 479 g/mol. The van der Waals surface area contributed by atoms with E-state index in [9.17, 15) is 9.18 Å². The van der Waals surface area contributed by atoms with Crippen molar-refractivity contribution < 1.29 is 23.7 Å². The van der Waals surface area contributed by atoms with Crippen molar-refractivity contribution in [1.29, 1.82) is 0 Å². The molecule has 1 aliphatic heterocycles. The lowest BCUT2D eigenvalue weighted by Crippen LogP contribution is -2.58. The van der Waals surface area contributed by atoms with Crippen molar-refractivity contribution in [3.63, 3.8) is 0 Å². The zero-order chi connectivity index (χ0) is 26.9. The maximum absolute atomic E-state index is 13.3. The Morgan fingerprint density at radius 2 is 1.74 bits per heavy atom. The second kappa shape index (κ2) is 9.52. The molecule has 1 saturated heterocycles. The van der Waals surface area contributed by atoms with Gasteiger partial charge < -0.3 is 4.74 Å². The number of carbonyl (C=O) groups excluding carboxylic acids is 1. The maximum Gasteiger partial charge on any atom is 0.202 e. The number of ether oxygens (including phenoxy) is 1. The highest BCUT2D eigenvalue weighted by atomic mass is 19.1. The summed E-state index contributed by atoms with van der Waals surface area (Å²) in [5.41, 5.74) is 2.21. The fraction of sp³-hybridized carbons (Fsp3) is 0.727. The minimum Gasteiger partial charge on any atom is -0.344 e. The van der Waals surface area contributed by atoms with Crippen molar-refractivity contribution in [3.8, 4) is 0 Å². The van der Waals surface area contributed by atoms with E-state index in [1.807, 2.05) is 0 Å². The van der Waals surface area contributed by atoms with Crippen LogP contribution >= 0.6 is 0 Å².